The van der Waals surface area contributed by atoms with E-state index >= 15 is 0 Å². The Kier molecular flexibility index (Phi) is 7.69. The highest BCUT2D eigenvalue weighted by Crippen LogP contribution is 2.06. The average Bonchev–Trinajstić information content (AvgIpc) is 2.23. The molecule has 1 atom stereocenters. The molecule has 0 aromatic carbocycles. The summed E-state index contributed by atoms with van der Waals surface area (Å²) in [5.41, 5.74) is 1.39. The Balaban J connectivity index is 3.82. The molecule has 2 nitrogen and oxygen atoms in total. The second kappa shape index (κ2) is 8.27. The molecule has 0 fully saturated rings. The Hall–Kier alpha value is -1.05. The number of hydrogen-bond donors (Lipinski definition) is 0. The first-order valence-corrected chi connectivity index (χ1v) is 5.59. The lowest BCUT2D eigenvalue weighted by molar-refractivity contribution is -0.141. The normalized spacial score (nSPS) is 14.3. The second-order valence-corrected chi connectivity index (χ2v) is 3.69. The monoisotopic (exact) mass is 210 g/mol. The van der Waals surface area contributed by atoms with Crippen LogP contribution in [0.5, 0.6) is 0 Å². The van der Waals surface area contributed by atoms with E-state index in [9.17, 15) is 4.79 Å². The Morgan fingerprint density at radius 2 is 2.00 bits per heavy atom. The molecule has 0 N–H and O–H groups in total. The molecule has 0 bridgehead atoms. The zero-order valence-corrected chi connectivity index (χ0v) is 10.2. The molecule has 0 saturated heterocycles. The van der Waals surface area contributed by atoms with Crippen molar-refractivity contribution in [2.75, 3.05) is 6.61 Å². The molecule has 0 saturated carbocycles. The molecule has 0 aliphatic heterocycles. The van der Waals surface area contributed by atoms with Crippen LogP contribution in [0.25, 0.3) is 0 Å². The van der Waals surface area contributed by atoms with E-state index in [1.807, 2.05) is 6.08 Å². The molecule has 0 aliphatic rings. The number of rotatable bonds is 6. The zero-order valence-electron chi connectivity index (χ0n) is 10.2. The van der Waals surface area contributed by atoms with Crippen LogP contribution in [-0.4, -0.2) is 12.6 Å². The first kappa shape index (κ1) is 13.9. The maximum absolute atomic E-state index is 10.8. The van der Waals surface area contributed by atoms with E-state index < -0.39 is 0 Å². The molecule has 86 valence electrons. The van der Waals surface area contributed by atoms with Gasteiger partial charge in [0.05, 0.1) is 0 Å². The van der Waals surface area contributed by atoms with E-state index in [0.29, 0.717) is 18.9 Å². The van der Waals surface area contributed by atoms with E-state index in [1.54, 1.807) is 6.92 Å². The van der Waals surface area contributed by atoms with Gasteiger partial charge in [-0.05, 0) is 19.3 Å². The Morgan fingerprint density at radius 3 is 2.53 bits per heavy atom. The van der Waals surface area contributed by atoms with Gasteiger partial charge in [-0.1, -0.05) is 44.6 Å². The number of esters is 1. The van der Waals surface area contributed by atoms with Crippen LogP contribution in [-0.2, 0) is 9.53 Å². The van der Waals surface area contributed by atoms with Crippen molar-refractivity contribution in [3.8, 4) is 0 Å². The summed E-state index contributed by atoms with van der Waals surface area (Å²) < 4.78 is 4.93. The summed E-state index contributed by atoms with van der Waals surface area (Å²) in [6, 6.07) is 0. The highest BCUT2D eigenvalue weighted by molar-refractivity contribution is 5.68. The lowest BCUT2D eigenvalue weighted by Gasteiger charge is -2.02. The van der Waals surface area contributed by atoms with Crippen LogP contribution in [0, 0.1) is 5.92 Å². The maximum atomic E-state index is 10.8. The topological polar surface area (TPSA) is 26.3 Å². The fourth-order valence-electron chi connectivity index (χ4n) is 1.14. The molecule has 0 spiro atoms. The number of ether oxygens (including phenoxy) is 1. The van der Waals surface area contributed by atoms with Crippen molar-refractivity contribution in [2.45, 2.75) is 40.5 Å². The molecule has 0 amide bonds. The predicted molar refractivity (Wildman–Crippen MR) is 63.6 cm³/mol. The lowest BCUT2D eigenvalue weighted by atomic mass is 10.1. The summed E-state index contributed by atoms with van der Waals surface area (Å²) in [4.78, 5) is 10.8. The van der Waals surface area contributed by atoms with Gasteiger partial charge in [0.2, 0.25) is 0 Å². The van der Waals surface area contributed by atoms with E-state index in [4.69, 9.17) is 4.74 Å². The van der Waals surface area contributed by atoms with E-state index in [2.05, 4.69) is 32.9 Å². The standard InChI is InChI=1S/C13H22O2/c1-5-11(3)10-12(4)8-7-9-15-13(14)6-2/h7-8,10,12H,5-6,9H2,1-4H3/b8-7+,11-10+. The molecule has 0 aliphatic carbocycles. The Labute approximate surface area is 93.0 Å². The number of hydrogen-bond acceptors (Lipinski definition) is 2. The van der Waals surface area contributed by atoms with E-state index in [-0.39, 0.29) is 5.97 Å². The molecule has 0 rings (SSSR count). The fourth-order valence-corrected chi connectivity index (χ4v) is 1.14. The fraction of sp³-hybridized carbons (Fsp3) is 0.615. The number of carbonyl (C=O) groups is 1. The predicted octanol–water partition coefficient (Wildman–Crippen LogP) is 3.49. The highest BCUT2D eigenvalue weighted by atomic mass is 16.5. The van der Waals surface area contributed by atoms with E-state index in [0.717, 1.165) is 6.42 Å². The van der Waals surface area contributed by atoms with E-state index in [1.165, 1.54) is 5.57 Å². The summed E-state index contributed by atoms with van der Waals surface area (Å²) in [6.45, 7) is 8.57. The molecule has 0 aromatic heterocycles. The van der Waals surface area contributed by atoms with Crippen molar-refractivity contribution in [3.63, 3.8) is 0 Å². The quantitative estimate of drug-likeness (QED) is 0.495. The summed E-state index contributed by atoms with van der Waals surface area (Å²) in [5.74, 6) is 0.262. The number of carbonyl (C=O) groups excluding carboxylic acids is 1. The van der Waals surface area contributed by atoms with Crippen molar-refractivity contribution >= 4 is 5.97 Å². The van der Waals surface area contributed by atoms with Crippen molar-refractivity contribution in [1.29, 1.82) is 0 Å². The van der Waals surface area contributed by atoms with Gasteiger partial charge in [0, 0.05) is 6.42 Å². The van der Waals surface area contributed by atoms with Crippen LogP contribution < -0.4 is 0 Å². The third-order valence-corrected chi connectivity index (χ3v) is 2.17. The molecule has 0 radical (unpaired) electrons. The highest BCUT2D eigenvalue weighted by Gasteiger charge is 1.95. The van der Waals surface area contributed by atoms with Crippen LogP contribution in [0.2, 0.25) is 0 Å². The van der Waals surface area contributed by atoms with Crippen molar-refractivity contribution in [1.82, 2.24) is 0 Å². The third kappa shape index (κ3) is 7.98. The van der Waals surface area contributed by atoms with Gasteiger partial charge in [-0.15, -0.1) is 0 Å². The SMILES string of the molecule is CCC(=O)OC/C=C/C(C)/C=C(\C)CC. The van der Waals surface area contributed by atoms with Gasteiger partial charge >= 0.3 is 5.97 Å². The van der Waals surface area contributed by atoms with Gasteiger partial charge in [0.1, 0.15) is 6.61 Å². The molecule has 0 aromatic rings. The van der Waals surface area contributed by atoms with Crippen LogP contribution >= 0.6 is 0 Å². The minimum atomic E-state index is -0.146. The van der Waals surface area contributed by atoms with Crippen molar-refractivity contribution < 1.29 is 9.53 Å². The van der Waals surface area contributed by atoms with Gasteiger partial charge in [-0.25, -0.2) is 0 Å². The van der Waals surface area contributed by atoms with Crippen molar-refractivity contribution in [2.24, 2.45) is 5.92 Å². The first-order valence-electron chi connectivity index (χ1n) is 5.59. The van der Waals surface area contributed by atoms with Gasteiger partial charge in [-0.2, -0.15) is 0 Å². The summed E-state index contributed by atoms with van der Waals surface area (Å²) in [5, 5.41) is 0. The van der Waals surface area contributed by atoms with Crippen molar-refractivity contribution in [3.05, 3.63) is 23.8 Å². The summed E-state index contributed by atoms with van der Waals surface area (Å²) in [7, 11) is 0. The Bertz CT molecular complexity index is 239. The number of allylic oxidation sites excluding steroid dienone is 3. The molecule has 1 unspecified atom stereocenters. The van der Waals surface area contributed by atoms with Crippen LogP contribution in [0.1, 0.15) is 40.5 Å². The second-order valence-electron chi connectivity index (χ2n) is 3.69. The molecular formula is C13H22O2. The van der Waals surface area contributed by atoms with Crippen LogP contribution in [0.4, 0.5) is 0 Å². The molecule has 15 heavy (non-hydrogen) atoms. The third-order valence-electron chi connectivity index (χ3n) is 2.17. The van der Waals surface area contributed by atoms with Gasteiger partial charge in [0.25, 0.3) is 0 Å². The van der Waals surface area contributed by atoms with Crippen LogP contribution in [0.15, 0.2) is 23.8 Å². The summed E-state index contributed by atoms with van der Waals surface area (Å²) >= 11 is 0. The first-order chi connectivity index (χ1) is 7.10. The largest absolute Gasteiger partial charge is 0.461 e. The zero-order chi connectivity index (χ0) is 11.7. The Morgan fingerprint density at radius 1 is 1.33 bits per heavy atom. The van der Waals surface area contributed by atoms with Gasteiger partial charge in [-0.3, -0.25) is 4.79 Å². The smallest absolute Gasteiger partial charge is 0.305 e. The lowest BCUT2D eigenvalue weighted by Crippen LogP contribution is -2.01. The maximum Gasteiger partial charge on any atom is 0.305 e. The molecule has 2 heteroatoms. The average molecular weight is 210 g/mol. The minimum absolute atomic E-state index is 0.146. The van der Waals surface area contributed by atoms with Crippen LogP contribution in [0.3, 0.4) is 0 Å². The summed E-state index contributed by atoms with van der Waals surface area (Å²) in [6.07, 6.45) is 7.71. The minimum Gasteiger partial charge on any atom is -0.461 e. The van der Waals surface area contributed by atoms with Gasteiger partial charge in [0.15, 0.2) is 0 Å². The van der Waals surface area contributed by atoms with Gasteiger partial charge < -0.3 is 4.74 Å². The molecule has 0 heterocycles. The molecular weight excluding hydrogens is 188 g/mol.